The molecule has 0 aliphatic carbocycles. The van der Waals surface area contributed by atoms with Gasteiger partial charge in [0.05, 0.1) is 0 Å². The van der Waals surface area contributed by atoms with E-state index in [1.807, 2.05) is 0 Å². The molecule has 0 N–H and O–H groups in total. The summed E-state index contributed by atoms with van der Waals surface area (Å²) in [6.45, 7) is 7.78. The number of para-hydroxylation sites is 2. The largest absolute Gasteiger partial charge is 0.344 e. The van der Waals surface area contributed by atoms with Crippen LogP contribution in [-0.4, -0.2) is 32.0 Å². The van der Waals surface area contributed by atoms with Crippen molar-refractivity contribution in [2.24, 2.45) is 0 Å². The van der Waals surface area contributed by atoms with Crippen molar-refractivity contribution in [3.63, 3.8) is 0 Å². The van der Waals surface area contributed by atoms with E-state index in [1.165, 1.54) is 66.6 Å². The first kappa shape index (κ1) is 36.0. The van der Waals surface area contributed by atoms with E-state index in [4.69, 9.17) is 0 Å². The fourth-order valence-electron chi connectivity index (χ4n) is 9.27. The molecule has 8 aromatic rings. The first-order valence-electron chi connectivity index (χ1n) is 20.6. The Hall–Kier alpha value is -5.68. The molecule has 0 spiro atoms. The Morgan fingerprint density at radius 2 is 0.661 bits per heavy atom. The maximum Gasteiger partial charge on any atom is 0.0485 e. The number of hydrogen-bond acceptors (Lipinski definition) is 2. The molecule has 4 nitrogen and oxygen atoms in total. The topological polar surface area (TPSA) is 16.3 Å². The van der Waals surface area contributed by atoms with Crippen molar-refractivity contribution >= 4 is 21.8 Å². The van der Waals surface area contributed by atoms with Crippen molar-refractivity contribution in [3.05, 3.63) is 215 Å². The van der Waals surface area contributed by atoms with Gasteiger partial charge in [0, 0.05) is 98.4 Å². The predicted molar refractivity (Wildman–Crippen MR) is 233 cm³/mol. The van der Waals surface area contributed by atoms with Crippen LogP contribution >= 0.6 is 0 Å². The van der Waals surface area contributed by atoms with E-state index < -0.39 is 0 Å². The van der Waals surface area contributed by atoms with Gasteiger partial charge >= 0.3 is 0 Å². The SMILES string of the molecule is c1ccc(CN(CCc2c3n(c4ccccc24)CCc2c(CCN(Cc4ccccc4)Cc4ccccc4)c4ccccc4n2CC3)Cc2ccccc2)cc1. The summed E-state index contributed by atoms with van der Waals surface area (Å²) in [5, 5.41) is 2.85. The third kappa shape index (κ3) is 8.00. The highest BCUT2D eigenvalue weighted by Gasteiger charge is 2.24. The van der Waals surface area contributed by atoms with Crippen LogP contribution in [0.15, 0.2) is 170 Å². The lowest BCUT2D eigenvalue weighted by Crippen LogP contribution is -2.26. The van der Waals surface area contributed by atoms with Crippen LogP contribution in [0.2, 0.25) is 0 Å². The summed E-state index contributed by atoms with van der Waals surface area (Å²) >= 11 is 0. The first-order valence-corrected chi connectivity index (χ1v) is 20.6. The van der Waals surface area contributed by atoms with Crippen LogP contribution in [0.3, 0.4) is 0 Å². The monoisotopic (exact) mass is 732 g/mol. The summed E-state index contributed by atoms with van der Waals surface area (Å²) in [6, 6.07) is 62.3. The second kappa shape index (κ2) is 17.0. The van der Waals surface area contributed by atoms with E-state index in [0.29, 0.717) is 0 Å². The fraction of sp³-hybridized carbons (Fsp3) is 0.231. The van der Waals surface area contributed by atoms with Crippen LogP contribution in [0, 0.1) is 0 Å². The lowest BCUT2D eigenvalue weighted by Gasteiger charge is -2.24. The second-order valence-electron chi connectivity index (χ2n) is 15.6. The van der Waals surface area contributed by atoms with E-state index in [2.05, 4.69) is 189 Å². The highest BCUT2D eigenvalue weighted by Crippen LogP contribution is 2.34. The van der Waals surface area contributed by atoms with Gasteiger partial charge in [0.2, 0.25) is 0 Å². The molecule has 0 saturated heterocycles. The molecule has 6 aromatic carbocycles. The molecule has 1 aliphatic heterocycles. The zero-order chi connectivity index (χ0) is 37.5. The zero-order valence-corrected chi connectivity index (χ0v) is 32.4. The van der Waals surface area contributed by atoms with E-state index in [9.17, 15) is 0 Å². The maximum atomic E-state index is 2.69. The third-order valence-electron chi connectivity index (χ3n) is 11.9. The number of aromatic nitrogens is 2. The summed E-state index contributed by atoms with van der Waals surface area (Å²) in [6.07, 6.45) is 4.12. The standard InChI is InChI=1S/C52H52N4/c1-5-17-41(18-6-1)37-53(38-42-19-7-2-8-20-42)33-29-47-45-25-13-15-27-49(45)55-36-32-52-48(46-26-14-16-28-50(46)56(52)35-31-51(47)55)30-34-54(39-43-21-9-3-10-22-43)40-44-23-11-4-12-24-44/h1-28H,29-40H2. The average Bonchev–Trinajstić information content (AvgIpc) is 3.70. The maximum absolute atomic E-state index is 2.69. The van der Waals surface area contributed by atoms with Gasteiger partial charge in [0.1, 0.15) is 0 Å². The molecule has 0 bridgehead atoms. The molecule has 0 radical (unpaired) electrons. The Labute approximate surface area is 332 Å². The number of benzene rings is 6. The van der Waals surface area contributed by atoms with Gasteiger partial charge in [-0.25, -0.2) is 0 Å². The number of hydrogen-bond donors (Lipinski definition) is 0. The van der Waals surface area contributed by atoms with Gasteiger partial charge in [-0.1, -0.05) is 158 Å². The molecule has 3 heterocycles. The molecule has 2 aromatic heterocycles. The molecule has 0 fully saturated rings. The van der Waals surface area contributed by atoms with Crippen LogP contribution < -0.4 is 0 Å². The zero-order valence-electron chi connectivity index (χ0n) is 32.4. The molecule has 1 aliphatic rings. The minimum absolute atomic E-state index is 0.944. The van der Waals surface area contributed by atoms with Gasteiger partial charge in [0.25, 0.3) is 0 Å². The molecule has 0 unspecified atom stereocenters. The molecular formula is C52H52N4. The van der Waals surface area contributed by atoms with Gasteiger partial charge in [0.15, 0.2) is 0 Å². The normalized spacial score (nSPS) is 12.9. The number of fused-ring (bicyclic) bond motifs is 6. The molecule has 0 amide bonds. The summed E-state index contributed by atoms with van der Waals surface area (Å²) in [5.74, 6) is 0. The summed E-state index contributed by atoms with van der Waals surface area (Å²) in [7, 11) is 0. The van der Waals surface area contributed by atoms with Crippen LogP contribution in [-0.2, 0) is 65.0 Å². The van der Waals surface area contributed by atoms with Crippen molar-refractivity contribution in [2.75, 3.05) is 13.1 Å². The van der Waals surface area contributed by atoms with E-state index in [0.717, 1.165) is 78.0 Å². The van der Waals surface area contributed by atoms with Crippen molar-refractivity contribution in [2.45, 2.75) is 65.0 Å². The minimum Gasteiger partial charge on any atom is -0.344 e. The minimum atomic E-state index is 0.944. The predicted octanol–water partition coefficient (Wildman–Crippen LogP) is 10.9. The molecule has 9 rings (SSSR count). The Morgan fingerprint density at radius 3 is 1.00 bits per heavy atom. The summed E-state index contributed by atoms with van der Waals surface area (Å²) in [4.78, 5) is 5.27. The quantitative estimate of drug-likeness (QED) is 0.111. The number of aryl methyl sites for hydroxylation is 2. The van der Waals surface area contributed by atoms with Crippen molar-refractivity contribution < 1.29 is 0 Å². The van der Waals surface area contributed by atoms with Gasteiger partial charge in [-0.2, -0.15) is 0 Å². The van der Waals surface area contributed by atoms with E-state index in [1.54, 1.807) is 0 Å². The van der Waals surface area contributed by atoms with Gasteiger partial charge in [-0.05, 0) is 58.4 Å². The van der Waals surface area contributed by atoms with Crippen LogP contribution in [0.4, 0.5) is 0 Å². The summed E-state index contributed by atoms with van der Waals surface area (Å²) in [5.41, 5.74) is 14.3. The Morgan fingerprint density at radius 1 is 0.357 bits per heavy atom. The summed E-state index contributed by atoms with van der Waals surface area (Å²) < 4.78 is 5.37. The van der Waals surface area contributed by atoms with Crippen molar-refractivity contribution in [1.29, 1.82) is 0 Å². The highest BCUT2D eigenvalue weighted by molar-refractivity contribution is 5.87. The van der Waals surface area contributed by atoms with Gasteiger partial charge < -0.3 is 9.13 Å². The average molecular weight is 733 g/mol. The smallest absolute Gasteiger partial charge is 0.0485 e. The van der Waals surface area contributed by atoms with Crippen LogP contribution in [0.1, 0.15) is 44.8 Å². The lowest BCUT2D eigenvalue weighted by molar-refractivity contribution is 0.260. The Balaban J connectivity index is 1.00. The second-order valence-corrected chi connectivity index (χ2v) is 15.6. The van der Waals surface area contributed by atoms with E-state index in [-0.39, 0.29) is 0 Å². The molecule has 0 atom stereocenters. The third-order valence-corrected chi connectivity index (χ3v) is 11.9. The number of rotatable bonds is 14. The molecule has 0 saturated carbocycles. The highest BCUT2D eigenvalue weighted by atomic mass is 15.1. The van der Waals surface area contributed by atoms with Gasteiger partial charge in [-0.3, -0.25) is 9.80 Å². The number of nitrogens with zero attached hydrogens (tertiary/aromatic N) is 4. The molecule has 280 valence electrons. The Kier molecular flexibility index (Phi) is 10.9. The fourth-order valence-corrected chi connectivity index (χ4v) is 9.27. The van der Waals surface area contributed by atoms with Crippen molar-refractivity contribution in [3.8, 4) is 0 Å². The molecule has 4 heteroatoms. The molecule has 56 heavy (non-hydrogen) atoms. The van der Waals surface area contributed by atoms with Gasteiger partial charge in [-0.15, -0.1) is 0 Å². The first-order chi connectivity index (χ1) is 27.8. The molecular weight excluding hydrogens is 681 g/mol. The van der Waals surface area contributed by atoms with Crippen molar-refractivity contribution in [1.82, 2.24) is 18.9 Å². The van der Waals surface area contributed by atoms with Crippen LogP contribution in [0.5, 0.6) is 0 Å². The van der Waals surface area contributed by atoms with E-state index >= 15 is 0 Å². The van der Waals surface area contributed by atoms with Crippen LogP contribution in [0.25, 0.3) is 21.8 Å². The lowest BCUT2D eigenvalue weighted by atomic mass is 10.0. The Bertz CT molecular complexity index is 2220.